The molecule has 0 aromatic carbocycles. The van der Waals surface area contributed by atoms with E-state index in [4.69, 9.17) is 4.74 Å². The van der Waals surface area contributed by atoms with Crippen LogP contribution in [0.1, 0.15) is 31.0 Å². The molecule has 2 heterocycles. The molecule has 0 unspecified atom stereocenters. The summed E-state index contributed by atoms with van der Waals surface area (Å²) >= 11 is 0. The molecular weight excluding hydrogens is 216 g/mol. The van der Waals surface area contributed by atoms with Gasteiger partial charge >= 0.3 is 6.01 Å². The van der Waals surface area contributed by atoms with E-state index in [2.05, 4.69) is 27.5 Å². The molecule has 5 heteroatoms. The average Bonchev–Trinajstić information content (AvgIpc) is 2.38. The van der Waals surface area contributed by atoms with Gasteiger partial charge in [0.2, 0.25) is 0 Å². The maximum Gasteiger partial charge on any atom is 0.318 e. The summed E-state index contributed by atoms with van der Waals surface area (Å²) in [4.78, 5) is 8.80. The van der Waals surface area contributed by atoms with E-state index in [-0.39, 0.29) is 0 Å². The molecule has 2 N–H and O–H groups in total. The lowest BCUT2D eigenvalue weighted by atomic mass is 10.1. The van der Waals surface area contributed by atoms with Crippen LogP contribution in [0.5, 0.6) is 6.01 Å². The SMILES string of the molecule is CCCCNc1nc(OC)nc2c1CNCC2. The standard InChI is InChI=1S/C12H20N4O/c1-3-4-6-14-11-9-8-13-7-5-10(9)15-12(16-11)17-2/h13H,3-8H2,1-2H3,(H,14,15,16). The van der Waals surface area contributed by atoms with Crippen LogP contribution in [0.15, 0.2) is 0 Å². The fraction of sp³-hybridized carbons (Fsp3) is 0.667. The average molecular weight is 236 g/mol. The second kappa shape index (κ2) is 5.82. The lowest BCUT2D eigenvalue weighted by Crippen LogP contribution is -2.26. The third-order valence-corrected chi connectivity index (χ3v) is 2.92. The molecular formula is C12H20N4O. The third kappa shape index (κ3) is 2.85. The van der Waals surface area contributed by atoms with Crippen LogP contribution in [0, 0.1) is 0 Å². The lowest BCUT2D eigenvalue weighted by molar-refractivity contribution is 0.376. The molecule has 0 atom stereocenters. The first-order valence-corrected chi connectivity index (χ1v) is 6.23. The summed E-state index contributed by atoms with van der Waals surface area (Å²) in [6.45, 7) is 4.94. The van der Waals surface area contributed by atoms with Gasteiger partial charge in [-0.25, -0.2) is 0 Å². The maximum atomic E-state index is 5.14. The summed E-state index contributed by atoms with van der Waals surface area (Å²) in [7, 11) is 1.61. The molecule has 1 aromatic rings. The number of nitrogens with zero attached hydrogens (tertiary/aromatic N) is 2. The number of rotatable bonds is 5. The zero-order chi connectivity index (χ0) is 12.1. The van der Waals surface area contributed by atoms with E-state index in [0.29, 0.717) is 6.01 Å². The Balaban J connectivity index is 2.21. The molecule has 94 valence electrons. The van der Waals surface area contributed by atoms with Gasteiger partial charge in [-0.1, -0.05) is 13.3 Å². The lowest BCUT2D eigenvalue weighted by Gasteiger charge is -2.20. The molecule has 17 heavy (non-hydrogen) atoms. The number of fused-ring (bicyclic) bond motifs is 1. The minimum atomic E-state index is 0.463. The van der Waals surface area contributed by atoms with E-state index >= 15 is 0 Å². The molecule has 0 aliphatic carbocycles. The molecule has 1 aromatic heterocycles. The van der Waals surface area contributed by atoms with E-state index in [0.717, 1.165) is 44.0 Å². The van der Waals surface area contributed by atoms with E-state index in [1.807, 2.05) is 0 Å². The minimum absolute atomic E-state index is 0.463. The molecule has 0 spiro atoms. The Kier molecular flexibility index (Phi) is 4.14. The van der Waals surface area contributed by atoms with Gasteiger partial charge in [0.1, 0.15) is 5.82 Å². The van der Waals surface area contributed by atoms with Crippen molar-refractivity contribution in [1.29, 1.82) is 0 Å². The van der Waals surface area contributed by atoms with E-state index < -0.39 is 0 Å². The highest BCUT2D eigenvalue weighted by atomic mass is 16.5. The summed E-state index contributed by atoms with van der Waals surface area (Å²) in [5, 5.41) is 6.73. The van der Waals surface area contributed by atoms with Crippen LogP contribution >= 0.6 is 0 Å². The molecule has 0 radical (unpaired) electrons. The van der Waals surface area contributed by atoms with Gasteiger partial charge in [-0.05, 0) is 6.42 Å². The predicted molar refractivity (Wildman–Crippen MR) is 67.4 cm³/mol. The fourth-order valence-corrected chi connectivity index (χ4v) is 1.94. The van der Waals surface area contributed by atoms with Crippen LogP contribution in [0.3, 0.4) is 0 Å². The van der Waals surface area contributed by atoms with Gasteiger partial charge in [-0.15, -0.1) is 0 Å². The molecule has 0 amide bonds. The molecule has 0 saturated carbocycles. The number of ether oxygens (including phenoxy) is 1. The summed E-state index contributed by atoms with van der Waals surface area (Å²) in [6, 6.07) is 0.463. The van der Waals surface area contributed by atoms with Gasteiger partial charge in [0.15, 0.2) is 0 Å². The van der Waals surface area contributed by atoms with Crippen molar-refractivity contribution in [3.05, 3.63) is 11.3 Å². The molecule has 1 aliphatic rings. The number of anilines is 1. The largest absolute Gasteiger partial charge is 0.467 e. The minimum Gasteiger partial charge on any atom is -0.467 e. The fourth-order valence-electron chi connectivity index (χ4n) is 1.94. The highest BCUT2D eigenvalue weighted by Crippen LogP contribution is 2.22. The quantitative estimate of drug-likeness (QED) is 0.756. The second-order valence-electron chi connectivity index (χ2n) is 4.19. The van der Waals surface area contributed by atoms with Crippen molar-refractivity contribution < 1.29 is 4.74 Å². The first-order valence-electron chi connectivity index (χ1n) is 6.23. The van der Waals surface area contributed by atoms with Crippen molar-refractivity contribution in [1.82, 2.24) is 15.3 Å². The first kappa shape index (κ1) is 12.1. The number of unbranched alkanes of at least 4 members (excludes halogenated alkanes) is 1. The maximum absolute atomic E-state index is 5.14. The van der Waals surface area contributed by atoms with Crippen LogP contribution in [0.25, 0.3) is 0 Å². The number of hydrogen-bond donors (Lipinski definition) is 2. The molecule has 0 saturated heterocycles. The molecule has 2 rings (SSSR count). The van der Waals surface area contributed by atoms with Gasteiger partial charge < -0.3 is 15.4 Å². The van der Waals surface area contributed by atoms with E-state index in [1.165, 1.54) is 12.0 Å². The Morgan fingerprint density at radius 3 is 3.06 bits per heavy atom. The predicted octanol–water partition coefficient (Wildman–Crippen LogP) is 1.34. The van der Waals surface area contributed by atoms with Crippen molar-refractivity contribution in [2.24, 2.45) is 0 Å². The van der Waals surface area contributed by atoms with E-state index in [1.54, 1.807) is 7.11 Å². The Morgan fingerprint density at radius 2 is 2.29 bits per heavy atom. The van der Waals surface area contributed by atoms with Crippen molar-refractivity contribution in [2.75, 3.05) is 25.5 Å². The third-order valence-electron chi connectivity index (χ3n) is 2.92. The molecule has 0 fully saturated rings. The van der Waals surface area contributed by atoms with Gasteiger partial charge in [-0.3, -0.25) is 0 Å². The zero-order valence-electron chi connectivity index (χ0n) is 10.5. The zero-order valence-corrected chi connectivity index (χ0v) is 10.5. The van der Waals surface area contributed by atoms with Gasteiger partial charge in [0.25, 0.3) is 0 Å². The Morgan fingerprint density at radius 1 is 1.41 bits per heavy atom. The molecule has 5 nitrogen and oxygen atoms in total. The van der Waals surface area contributed by atoms with Crippen molar-refractivity contribution in [3.63, 3.8) is 0 Å². The Bertz CT molecular complexity index is 381. The van der Waals surface area contributed by atoms with E-state index in [9.17, 15) is 0 Å². The van der Waals surface area contributed by atoms with Crippen LogP contribution in [-0.2, 0) is 13.0 Å². The number of hydrogen-bond acceptors (Lipinski definition) is 5. The monoisotopic (exact) mass is 236 g/mol. The highest BCUT2D eigenvalue weighted by Gasteiger charge is 2.17. The van der Waals surface area contributed by atoms with Gasteiger partial charge in [-0.2, -0.15) is 9.97 Å². The van der Waals surface area contributed by atoms with Gasteiger partial charge in [0, 0.05) is 31.6 Å². The van der Waals surface area contributed by atoms with Crippen molar-refractivity contribution in [2.45, 2.75) is 32.7 Å². The van der Waals surface area contributed by atoms with Gasteiger partial charge in [0.05, 0.1) is 12.8 Å². The smallest absolute Gasteiger partial charge is 0.318 e. The molecule has 1 aliphatic heterocycles. The van der Waals surface area contributed by atoms with Crippen molar-refractivity contribution >= 4 is 5.82 Å². The van der Waals surface area contributed by atoms with Crippen LogP contribution in [0.4, 0.5) is 5.82 Å². The van der Waals surface area contributed by atoms with Crippen LogP contribution in [0.2, 0.25) is 0 Å². The normalized spacial score (nSPS) is 14.2. The highest BCUT2D eigenvalue weighted by molar-refractivity contribution is 5.48. The summed E-state index contributed by atoms with van der Waals surface area (Å²) in [5.74, 6) is 0.924. The number of nitrogens with one attached hydrogen (secondary N) is 2. The van der Waals surface area contributed by atoms with Crippen molar-refractivity contribution in [3.8, 4) is 6.01 Å². The molecule has 0 bridgehead atoms. The topological polar surface area (TPSA) is 59.1 Å². The second-order valence-corrected chi connectivity index (χ2v) is 4.19. The van der Waals surface area contributed by atoms with Crippen LogP contribution in [-0.4, -0.2) is 30.2 Å². The summed E-state index contributed by atoms with van der Waals surface area (Å²) < 4.78 is 5.14. The van der Waals surface area contributed by atoms with Crippen LogP contribution < -0.4 is 15.4 Å². The Labute approximate surface area is 102 Å². The summed E-state index contributed by atoms with van der Waals surface area (Å²) in [5.41, 5.74) is 2.29. The Hall–Kier alpha value is -1.36. The number of methoxy groups -OCH3 is 1. The summed E-state index contributed by atoms with van der Waals surface area (Å²) in [6.07, 6.45) is 3.26. The number of aromatic nitrogens is 2. The first-order chi connectivity index (χ1) is 8.35.